The summed E-state index contributed by atoms with van der Waals surface area (Å²) in [5.41, 5.74) is 3.75. The third kappa shape index (κ3) is 6.69. The summed E-state index contributed by atoms with van der Waals surface area (Å²) in [5.74, 6) is -3.35. The lowest BCUT2D eigenvalue weighted by Crippen LogP contribution is -2.25. The molecule has 3 aromatic rings. The van der Waals surface area contributed by atoms with E-state index in [-0.39, 0.29) is 36.5 Å². The summed E-state index contributed by atoms with van der Waals surface area (Å²) in [4.78, 5) is 24.4. The number of halogens is 2. The Kier molecular flexibility index (Phi) is 8.51. The second-order valence-corrected chi connectivity index (χ2v) is 10.4. The Bertz CT molecular complexity index is 1210. The number of hydrogen-bond donors (Lipinski definition) is 2. The third-order valence-corrected chi connectivity index (χ3v) is 6.96. The molecule has 8 heteroatoms. The lowest BCUT2D eigenvalue weighted by molar-refractivity contribution is -0.136. The van der Waals surface area contributed by atoms with Crippen molar-refractivity contribution < 1.29 is 28.2 Å². The molecule has 3 rings (SSSR count). The maximum Gasteiger partial charge on any atom is 0.305 e. The first kappa shape index (κ1) is 27.3. The van der Waals surface area contributed by atoms with Gasteiger partial charge in [0.05, 0.1) is 11.3 Å². The van der Waals surface area contributed by atoms with Crippen LogP contribution in [0.15, 0.2) is 48.5 Å². The molecule has 0 aliphatic rings. The van der Waals surface area contributed by atoms with Gasteiger partial charge in [-0.3, -0.25) is 9.59 Å². The second-order valence-electron chi connectivity index (χ2n) is 9.28. The first-order chi connectivity index (χ1) is 16.9. The fraction of sp³-hybridized carbons (Fsp3) is 0.357. The number of amides is 1. The molecule has 5 nitrogen and oxygen atoms in total. The van der Waals surface area contributed by atoms with Crippen molar-refractivity contribution in [1.29, 1.82) is 0 Å². The van der Waals surface area contributed by atoms with E-state index in [2.05, 4.69) is 5.32 Å². The molecule has 0 saturated heterocycles. The number of carbonyl (C=O) groups excluding carboxylic acids is 1. The molecule has 0 radical (unpaired) electrons. The van der Waals surface area contributed by atoms with E-state index in [1.54, 1.807) is 18.2 Å². The number of alkyl halides is 2. The fourth-order valence-corrected chi connectivity index (χ4v) is 5.17. The minimum absolute atomic E-state index is 0.0211. The van der Waals surface area contributed by atoms with Crippen LogP contribution in [-0.4, -0.2) is 23.5 Å². The number of rotatable bonds is 10. The fourth-order valence-electron chi connectivity index (χ4n) is 4.04. The van der Waals surface area contributed by atoms with Crippen LogP contribution in [0.4, 0.5) is 8.78 Å². The summed E-state index contributed by atoms with van der Waals surface area (Å²) in [5, 5.41) is 11.4. The Morgan fingerprint density at radius 2 is 1.67 bits per heavy atom. The summed E-state index contributed by atoms with van der Waals surface area (Å²) in [6, 6.07) is 13.8. The Labute approximate surface area is 214 Å². The van der Waals surface area contributed by atoms with Crippen molar-refractivity contribution in [3.05, 3.63) is 75.0 Å². The standard InChI is InChI=1S/C28H31F2NO4S/c1-16(2)26(22-10-11-23(36-22)27(34)31-13-12-24(32)33)35-21-14-17(3)25(18(4)15-21)19-6-8-20(9-7-19)28(5,29)30/h6-11,14-16,26H,12-13H2,1-5H3,(H,31,34)(H,32,33). The molecule has 1 amide bonds. The number of nitrogens with one attached hydrogen (secondary N) is 1. The molecular weight excluding hydrogens is 484 g/mol. The number of hydrogen-bond acceptors (Lipinski definition) is 4. The number of thiophene rings is 1. The number of ether oxygens (including phenoxy) is 1. The zero-order valence-corrected chi connectivity index (χ0v) is 21.8. The lowest BCUT2D eigenvalue weighted by atomic mass is 9.94. The molecule has 1 atom stereocenters. The van der Waals surface area contributed by atoms with Gasteiger partial charge in [0, 0.05) is 23.9 Å². The van der Waals surface area contributed by atoms with Gasteiger partial charge in [0.1, 0.15) is 11.9 Å². The molecule has 1 heterocycles. The van der Waals surface area contributed by atoms with Gasteiger partial charge in [0.25, 0.3) is 11.8 Å². The number of carboxylic acid groups (broad SMARTS) is 1. The highest BCUT2D eigenvalue weighted by atomic mass is 32.1. The molecule has 0 fully saturated rings. The van der Waals surface area contributed by atoms with Gasteiger partial charge >= 0.3 is 5.97 Å². The van der Waals surface area contributed by atoms with Crippen LogP contribution in [0.1, 0.15) is 64.5 Å². The average molecular weight is 516 g/mol. The van der Waals surface area contributed by atoms with Crippen molar-refractivity contribution in [2.75, 3.05) is 6.54 Å². The van der Waals surface area contributed by atoms with E-state index in [0.29, 0.717) is 10.6 Å². The molecule has 0 saturated carbocycles. The molecule has 0 spiro atoms. The Balaban J connectivity index is 1.80. The number of aliphatic carboxylic acids is 1. The molecule has 192 valence electrons. The van der Waals surface area contributed by atoms with E-state index in [1.165, 1.54) is 23.5 Å². The van der Waals surface area contributed by atoms with Gasteiger partial charge in [-0.05, 0) is 66.3 Å². The Hall–Kier alpha value is -3.26. The monoisotopic (exact) mass is 515 g/mol. The van der Waals surface area contributed by atoms with Crippen molar-refractivity contribution in [2.45, 2.75) is 53.1 Å². The van der Waals surface area contributed by atoms with Crippen molar-refractivity contribution in [3.63, 3.8) is 0 Å². The zero-order valence-electron chi connectivity index (χ0n) is 21.0. The summed E-state index contributed by atoms with van der Waals surface area (Å²) >= 11 is 1.32. The predicted octanol–water partition coefficient (Wildman–Crippen LogP) is 7.12. The van der Waals surface area contributed by atoms with Gasteiger partial charge in [0.2, 0.25) is 0 Å². The number of carbonyl (C=O) groups is 2. The Morgan fingerprint density at radius 3 is 2.19 bits per heavy atom. The minimum atomic E-state index is -2.88. The molecule has 1 unspecified atom stereocenters. The van der Waals surface area contributed by atoms with E-state index in [0.717, 1.165) is 34.1 Å². The molecule has 0 aliphatic heterocycles. The van der Waals surface area contributed by atoms with Crippen molar-refractivity contribution in [2.24, 2.45) is 5.92 Å². The quantitative estimate of drug-likeness (QED) is 0.301. The molecule has 2 aromatic carbocycles. The second kappa shape index (κ2) is 11.2. The smallest absolute Gasteiger partial charge is 0.305 e. The molecule has 36 heavy (non-hydrogen) atoms. The number of aryl methyl sites for hydroxylation is 2. The maximum absolute atomic E-state index is 13.6. The van der Waals surface area contributed by atoms with Crippen LogP contribution in [0.2, 0.25) is 0 Å². The van der Waals surface area contributed by atoms with Crippen molar-refractivity contribution in [3.8, 4) is 16.9 Å². The van der Waals surface area contributed by atoms with Crippen molar-refractivity contribution in [1.82, 2.24) is 5.32 Å². The van der Waals surface area contributed by atoms with E-state index < -0.39 is 11.9 Å². The minimum Gasteiger partial charge on any atom is -0.485 e. The van der Waals surface area contributed by atoms with Crippen molar-refractivity contribution >= 4 is 23.2 Å². The first-order valence-corrected chi connectivity index (χ1v) is 12.5. The van der Waals surface area contributed by atoms with Crippen LogP contribution in [0.3, 0.4) is 0 Å². The van der Waals surface area contributed by atoms with Crippen LogP contribution >= 0.6 is 11.3 Å². The van der Waals surface area contributed by atoms with Gasteiger partial charge < -0.3 is 15.2 Å². The lowest BCUT2D eigenvalue weighted by Gasteiger charge is -2.23. The molecule has 1 aromatic heterocycles. The third-order valence-electron chi connectivity index (χ3n) is 5.81. The normalized spacial score (nSPS) is 12.4. The van der Waals surface area contributed by atoms with Crippen LogP contribution in [-0.2, 0) is 10.7 Å². The molecule has 2 N–H and O–H groups in total. The van der Waals surface area contributed by atoms with Gasteiger partial charge in [0.15, 0.2) is 0 Å². The topological polar surface area (TPSA) is 75.6 Å². The molecule has 0 aliphatic carbocycles. The van der Waals surface area contributed by atoms with Gasteiger partial charge in [-0.1, -0.05) is 38.1 Å². The van der Waals surface area contributed by atoms with Crippen LogP contribution in [0.25, 0.3) is 11.1 Å². The highest BCUT2D eigenvalue weighted by molar-refractivity contribution is 7.14. The highest BCUT2D eigenvalue weighted by Gasteiger charge is 2.25. The van der Waals surface area contributed by atoms with Gasteiger partial charge in [-0.15, -0.1) is 11.3 Å². The van der Waals surface area contributed by atoms with Gasteiger partial charge in [-0.2, -0.15) is 0 Å². The summed E-state index contributed by atoms with van der Waals surface area (Å²) in [6.07, 6.45) is -0.419. The highest BCUT2D eigenvalue weighted by Crippen LogP contribution is 2.37. The van der Waals surface area contributed by atoms with Crippen LogP contribution < -0.4 is 10.1 Å². The first-order valence-electron chi connectivity index (χ1n) is 11.7. The summed E-state index contributed by atoms with van der Waals surface area (Å²) < 4.78 is 33.6. The molecular formula is C28H31F2NO4S. The van der Waals surface area contributed by atoms with Gasteiger partial charge in [-0.25, -0.2) is 8.78 Å². The largest absolute Gasteiger partial charge is 0.485 e. The maximum atomic E-state index is 13.6. The summed E-state index contributed by atoms with van der Waals surface area (Å²) in [7, 11) is 0. The van der Waals surface area contributed by atoms with E-state index in [9.17, 15) is 18.4 Å². The Morgan fingerprint density at radius 1 is 1.06 bits per heavy atom. The number of carboxylic acids is 1. The predicted molar refractivity (Wildman–Crippen MR) is 138 cm³/mol. The van der Waals surface area contributed by atoms with Crippen LogP contribution in [0.5, 0.6) is 5.75 Å². The average Bonchev–Trinajstić information content (AvgIpc) is 3.26. The zero-order chi connectivity index (χ0) is 26.6. The van der Waals surface area contributed by atoms with Crippen LogP contribution in [0, 0.1) is 19.8 Å². The summed E-state index contributed by atoms with van der Waals surface area (Å²) in [6.45, 7) is 8.96. The SMILES string of the molecule is Cc1cc(OC(c2ccc(C(=O)NCCC(=O)O)s2)C(C)C)cc(C)c1-c1ccc(C(C)(F)F)cc1. The van der Waals surface area contributed by atoms with E-state index in [1.807, 2.05) is 45.9 Å². The number of benzene rings is 2. The molecule has 0 bridgehead atoms. The van der Waals surface area contributed by atoms with E-state index in [4.69, 9.17) is 9.84 Å². The van der Waals surface area contributed by atoms with E-state index >= 15 is 0 Å².